The van der Waals surface area contributed by atoms with E-state index >= 15 is 0 Å². The highest BCUT2D eigenvalue weighted by Crippen LogP contribution is 2.05. The summed E-state index contributed by atoms with van der Waals surface area (Å²) in [5.41, 5.74) is 1.05. The molecule has 0 aliphatic carbocycles. The van der Waals surface area contributed by atoms with E-state index in [0.717, 1.165) is 5.56 Å². The molecule has 7 heteroatoms. The monoisotopic (exact) mass is 296 g/mol. The van der Waals surface area contributed by atoms with Crippen molar-refractivity contribution in [3.63, 3.8) is 0 Å². The summed E-state index contributed by atoms with van der Waals surface area (Å²) in [6.45, 7) is 3.25. The first-order valence-electron chi connectivity index (χ1n) is 5.41. The minimum atomic E-state index is 0. The van der Waals surface area contributed by atoms with Gasteiger partial charge in [-0.1, -0.05) is 6.92 Å². The van der Waals surface area contributed by atoms with Crippen LogP contribution in [0.2, 0.25) is 0 Å². The van der Waals surface area contributed by atoms with Gasteiger partial charge in [-0.2, -0.15) is 5.10 Å². The second kappa shape index (κ2) is 9.19. The van der Waals surface area contributed by atoms with Gasteiger partial charge in [0.05, 0.1) is 6.20 Å². The van der Waals surface area contributed by atoms with Crippen LogP contribution < -0.4 is 5.32 Å². The highest BCUT2D eigenvalue weighted by atomic mass is 35.5. The van der Waals surface area contributed by atoms with E-state index in [1.807, 2.05) is 34.3 Å². The average Bonchev–Trinajstić information content (AvgIpc) is 2.63. The number of amides is 1. The van der Waals surface area contributed by atoms with Crippen molar-refractivity contribution in [2.24, 2.45) is 13.0 Å². The predicted octanol–water partition coefficient (Wildman–Crippen LogP) is 1.08. The molecular formula is C11H22Cl2N4O. The standard InChI is InChI=1S/C11H20N4O.2ClH/c1-9(5-12-2)11(16)14(3)7-10-6-13-15(4)8-10;;/h6,8-9,12H,5,7H2,1-4H3;2*1H. The molecule has 1 N–H and O–H groups in total. The van der Waals surface area contributed by atoms with Crippen LogP contribution in [0.25, 0.3) is 0 Å². The predicted molar refractivity (Wildman–Crippen MR) is 77.3 cm³/mol. The fraction of sp³-hybridized carbons (Fsp3) is 0.636. The summed E-state index contributed by atoms with van der Waals surface area (Å²) < 4.78 is 1.74. The summed E-state index contributed by atoms with van der Waals surface area (Å²) in [5, 5.41) is 7.08. The summed E-state index contributed by atoms with van der Waals surface area (Å²) in [7, 11) is 5.54. The highest BCUT2D eigenvalue weighted by molar-refractivity contribution is 5.85. The number of nitrogens with one attached hydrogen (secondary N) is 1. The maximum atomic E-state index is 11.9. The minimum absolute atomic E-state index is 0. The lowest BCUT2D eigenvalue weighted by molar-refractivity contribution is -0.134. The summed E-state index contributed by atoms with van der Waals surface area (Å²) in [5.74, 6) is 0.157. The fourth-order valence-electron chi connectivity index (χ4n) is 1.68. The van der Waals surface area contributed by atoms with Crippen molar-refractivity contribution in [3.8, 4) is 0 Å². The molecule has 0 spiro atoms. The Morgan fingerprint density at radius 2 is 2.17 bits per heavy atom. The van der Waals surface area contributed by atoms with Gasteiger partial charge in [0, 0.05) is 44.9 Å². The smallest absolute Gasteiger partial charge is 0.226 e. The third kappa shape index (κ3) is 5.71. The number of carbonyl (C=O) groups excluding carboxylic acids is 1. The number of carbonyl (C=O) groups is 1. The SMILES string of the molecule is CNCC(C)C(=O)N(C)Cc1cnn(C)c1.Cl.Cl. The molecule has 0 bridgehead atoms. The molecule has 1 aromatic heterocycles. The first-order valence-corrected chi connectivity index (χ1v) is 5.41. The second-order valence-corrected chi connectivity index (χ2v) is 4.18. The zero-order valence-electron chi connectivity index (χ0n) is 11.2. The largest absolute Gasteiger partial charge is 0.341 e. The Balaban J connectivity index is 0. The topological polar surface area (TPSA) is 50.2 Å². The average molecular weight is 297 g/mol. The van der Waals surface area contributed by atoms with Crippen molar-refractivity contribution in [3.05, 3.63) is 18.0 Å². The molecule has 18 heavy (non-hydrogen) atoms. The molecule has 1 amide bonds. The zero-order chi connectivity index (χ0) is 12.1. The van der Waals surface area contributed by atoms with Crippen LogP contribution in [0.4, 0.5) is 0 Å². The number of rotatable bonds is 5. The van der Waals surface area contributed by atoms with Gasteiger partial charge >= 0.3 is 0 Å². The maximum absolute atomic E-state index is 11.9. The van der Waals surface area contributed by atoms with Crippen LogP contribution in [0.15, 0.2) is 12.4 Å². The molecule has 0 saturated heterocycles. The highest BCUT2D eigenvalue weighted by Gasteiger charge is 2.16. The van der Waals surface area contributed by atoms with Gasteiger partial charge in [0.25, 0.3) is 0 Å². The van der Waals surface area contributed by atoms with E-state index in [-0.39, 0.29) is 36.6 Å². The Morgan fingerprint density at radius 3 is 2.61 bits per heavy atom. The molecule has 1 unspecified atom stereocenters. The van der Waals surface area contributed by atoms with E-state index < -0.39 is 0 Å². The van der Waals surface area contributed by atoms with Gasteiger partial charge in [-0.05, 0) is 7.05 Å². The van der Waals surface area contributed by atoms with Gasteiger partial charge < -0.3 is 10.2 Å². The number of aromatic nitrogens is 2. The molecule has 0 saturated carbocycles. The van der Waals surface area contributed by atoms with Crippen LogP contribution in [-0.4, -0.2) is 41.2 Å². The van der Waals surface area contributed by atoms with Gasteiger partial charge in [-0.15, -0.1) is 24.8 Å². The van der Waals surface area contributed by atoms with Crippen LogP contribution in [0.3, 0.4) is 0 Å². The van der Waals surface area contributed by atoms with Crippen molar-refractivity contribution in [2.75, 3.05) is 20.6 Å². The molecular weight excluding hydrogens is 275 g/mol. The normalized spacial score (nSPS) is 11.1. The van der Waals surface area contributed by atoms with Crippen molar-refractivity contribution >= 4 is 30.7 Å². The molecule has 0 radical (unpaired) electrons. The molecule has 1 rings (SSSR count). The summed E-state index contributed by atoms with van der Waals surface area (Å²) in [6, 6.07) is 0. The van der Waals surface area contributed by atoms with Gasteiger partial charge in [-0.25, -0.2) is 0 Å². The van der Waals surface area contributed by atoms with Crippen LogP contribution in [0.1, 0.15) is 12.5 Å². The lowest BCUT2D eigenvalue weighted by atomic mass is 10.1. The van der Waals surface area contributed by atoms with Crippen LogP contribution >= 0.6 is 24.8 Å². The molecule has 106 valence electrons. The van der Waals surface area contributed by atoms with E-state index in [0.29, 0.717) is 13.1 Å². The molecule has 1 atom stereocenters. The van der Waals surface area contributed by atoms with E-state index in [4.69, 9.17) is 0 Å². The van der Waals surface area contributed by atoms with Crippen LogP contribution in [0.5, 0.6) is 0 Å². The Hall–Kier alpha value is -0.780. The number of nitrogens with zero attached hydrogens (tertiary/aromatic N) is 3. The Bertz CT molecular complexity index is 357. The molecule has 1 heterocycles. The molecule has 1 aromatic rings. The lowest BCUT2D eigenvalue weighted by Gasteiger charge is -2.20. The molecule has 5 nitrogen and oxygen atoms in total. The van der Waals surface area contributed by atoms with Crippen molar-refractivity contribution in [1.29, 1.82) is 0 Å². The molecule has 0 aliphatic rings. The van der Waals surface area contributed by atoms with E-state index in [2.05, 4.69) is 10.4 Å². The summed E-state index contributed by atoms with van der Waals surface area (Å²) >= 11 is 0. The van der Waals surface area contributed by atoms with Gasteiger partial charge in [0.2, 0.25) is 5.91 Å². The van der Waals surface area contributed by atoms with E-state index in [1.165, 1.54) is 0 Å². The Morgan fingerprint density at radius 1 is 1.56 bits per heavy atom. The number of halogens is 2. The van der Waals surface area contributed by atoms with Gasteiger partial charge in [0.1, 0.15) is 0 Å². The van der Waals surface area contributed by atoms with E-state index in [1.54, 1.807) is 15.8 Å². The van der Waals surface area contributed by atoms with E-state index in [9.17, 15) is 4.79 Å². The van der Waals surface area contributed by atoms with Crippen LogP contribution in [0, 0.1) is 5.92 Å². The number of hydrogen-bond acceptors (Lipinski definition) is 3. The second-order valence-electron chi connectivity index (χ2n) is 4.18. The molecule has 0 aromatic carbocycles. The molecule has 0 aliphatic heterocycles. The van der Waals surface area contributed by atoms with Crippen molar-refractivity contribution in [2.45, 2.75) is 13.5 Å². The first kappa shape index (κ1) is 19.6. The Labute approximate surface area is 121 Å². The van der Waals surface area contributed by atoms with Crippen molar-refractivity contribution in [1.82, 2.24) is 20.0 Å². The van der Waals surface area contributed by atoms with Crippen molar-refractivity contribution < 1.29 is 4.79 Å². The fourth-order valence-corrected chi connectivity index (χ4v) is 1.68. The quantitative estimate of drug-likeness (QED) is 0.885. The molecule has 0 fully saturated rings. The lowest BCUT2D eigenvalue weighted by Crippen LogP contribution is -2.35. The Kier molecular flexibility index (Phi) is 9.99. The van der Waals surface area contributed by atoms with Crippen LogP contribution in [-0.2, 0) is 18.4 Å². The number of hydrogen-bond donors (Lipinski definition) is 1. The first-order chi connectivity index (χ1) is 7.54. The summed E-state index contributed by atoms with van der Waals surface area (Å²) in [4.78, 5) is 13.6. The van der Waals surface area contributed by atoms with Gasteiger partial charge in [-0.3, -0.25) is 9.48 Å². The number of aryl methyl sites for hydroxylation is 1. The minimum Gasteiger partial charge on any atom is -0.341 e. The third-order valence-electron chi connectivity index (χ3n) is 2.49. The summed E-state index contributed by atoms with van der Waals surface area (Å²) in [6.07, 6.45) is 3.71. The third-order valence-corrected chi connectivity index (χ3v) is 2.49. The maximum Gasteiger partial charge on any atom is 0.226 e. The van der Waals surface area contributed by atoms with Gasteiger partial charge in [0.15, 0.2) is 0 Å². The zero-order valence-corrected chi connectivity index (χ0v) is 12.8.